The van der Waals surface area contributed by atoms with E-state index in [-0.39, 0.29) is 19.8 Å². The minimum absolute atomic E-state index is 0.0656. The maximum Gasteiger partial charge on any atom is 0.564 e. The van der Waals surface area contributed by atoms with Crippen LogP contribution in [0.5, 0.6) is 5.75 Å². The molecule has 1 aromatic carbocycles. The number of rotatable bonds is 36. The highest BCUT2D eigenvalue weighted by Crippen LogP contribution is 2.23. The highest BCUT2D eigenvalue weighted by Gasteiger charge is 2.32. The molecular formula is C34H61NO12S+. The van der Waals surface area contributed by atoms with Crippen LogP contribution in [0.4, 0.5) is 0 Å². The number of allylic oxidation sites excluding steroid dienone is 1. The Morgan fingerprint density at radius 2 is 1.06 bits per heavy atom. The van der Waals surface area contributed by atoms with E-state index in [0.29, 0.717) is 85.9 Å². The molecule has 0 saturated carbocycles. The molecular weight excluding hydrogens is 646 g/mol. The molecule has 0 aliphatic carbocycles. The maximum atomic E-state index is 10.8. The van der Waals surface area contributed by atoms with E-state index in [1.54, 1.807) is 0 Å². The fourth-order valence-corrected chi connectivity index (χ4v) is 4.66. The molecule has 0 spiro atoms. The molecule has 1 atom stereocenters. The van der Waals surface area contributed by atoms with Crippen LogP contribution in [-0.4, -0.2) is 106 Å². The Morgan fingerprint density at radius 1 is 0.625 bits per heavy atom. The summed E-state index contributed by atoms with van der Waals surface area (Å²) in [5.74, 6) is 5.42. The minimum atomic E-state index is -4.14. The van der Waals surface area contributed by atoms with Gasteiger partial charge in [-0.2, -0.15) is 5.90 Å². The third-order valence-electron chi connectivity index (χ3n) is 6.78. The molecule has 0 aromatic heterocycles. The molecule has 48 heavy (non-hydrogen) atoms. The third-order valence-corrected chi connectivity index (χ3v) is 7.47. The van der Waals surface area contributed by atoms with Crippen LogP contribution in [0.15, 0.2) is 24.3 Å². The Labute approximate surface area is 289 Å². The first kappa shape index (κ1) is 44.5. The minimum Gasteiger partial charge on any atom is -0.491 e. The Morgan fingerprint density at radius 3 is 1.52 bits per heavy atom. The van der Waals surface area contributed by atoms with Crippen molar-refractivity contribution < 1.29 is 55.1 Å². The Bertz CT molecular complexity index is 939. The van der Waals surface area contributed by atoms with Crippen molar-refractivity contribution in [1.82, 2.24) is 0 Å². The summed E-state index contributed by atoms with van der Waals surface area (Å²) in [4.78, 5) is 0. The quantitative estimate of drug-likeness (QED) is 0.0561. The van der Waals surface area contributed by atoms with Crippen molar-refractivity contribution in [2.45, 2.75) is 65.2 Å². The molecule has 0 aliphatic rings. The van der Waals surface area contributed by atoms with Crippen LogP contribution < -0.4 is 10.6 Å². The molecule has 1 unspecified atom stereocenters. The molecule has 1 radical (unpaired) electrons. The zero-order chi connectivity index (χ0) is 34.8. The zero-order valence-corrected chi connectivity index (χ0v) is 30.1. The van der Waals surface area contributed by atoms with Crippen LogP contribution in [0.3, 0.4) is 0 Å². The summed E-state index contributed by atoms with van der Waals surface area (Å²) in [6.07, 6.45) is 14.5. The van der Waals surface area contributed by atoms with Gasteiger partial charge in [0.2, 0.25) is 0 Å². The summed E-state index contributed by atoms with van der Waals surface area (Å²) in [5.41, 5.74) is 2.48. The van der Waals surface area contributed by atoms with E-state index in [1.807, 2.05) is 13.0 Å². The summed E-state index contributed by atoms with van der Waals surface area (Å²) in [6, 6.07) is 6.50. The lowest BCUT2D eigenvalue weighted by molar-refractivity contribution is -0.0221. The van der Waals surface area contributed by atoms with Gasteiger partial charge in [-0.3, -0.25) is 0 Å². The summed E-state index contributed by atoms with van der Waals surface area (Å²) in [6.45, 7) is 10.4. The first-order valence-electron chi connectivity index (χ1n) is 17.2. The molecule has 14 heteroatoms. The van der Waals surface area contributed by atoms with Gasteiger partial charge < -0.3 is 37.9 Å². The number of hydrogen-bond acceptors (Lipinski definition) is 12. The monoisotopic (exact) mass is 707 g/mol. The van der Waals surface area contributed by atoms with E-state index in [4.69, 9.17) is 37.9 Å². The van der Waals surface area contributed by atoms with E-state index < -0.39 is 10.8 Å². The number of benzene rings is 1. The van der Waals surface area contributed by atoms with E-state index in [1.165, 1.54) is 50.5 Å². The SMILES string of the molecule is C/C=C/c1cc(CCCCCCCCC)ccc1OCCOCCOCCOCCOCCOCCOCCOCCO[S+]([O])(=O)ON. The summed E-state index contributed by atoms with van der Waals surface area (Å²) in [7, 11) is -4.14. The van der Waals surface area contributed by atoms with Crippen molar-refractivity contribution in [2.75, 3.05) is 106 Å². The van der Waals surface area contributed by atoms with Gasteiger partial charge in [0.1, 0.15) is 23.5 Å². The van der Waals surface area contributed by atoms with Gasteiger partial charge in [-0.05, 0) is 41.7 Å². The largest absolute Gasteiger partial charge is 0.564 e. The van der Waals surface area contributed by atoms with Crippen LogP contribution >= 0.6 is 0 Å². The number of aryl methyl sites for hydroxylation is 1. The number of hydrogen-bond donors (Lipinski definition) is 1. The molecule has 279 valence electrons. The predicted molar refractivity (Wildman–Crippen MR) is 184 cm³/mol. The van der Waals surface area contributed by atoms with Gasteiger partial charge in [-0.1, -0.05) is 63.7 Å². The average Bonchev–Trinajstić information content (AvgIpc) is 3.08. The van der Waals surface area contributed by atoms with Gasteiger partial charge in [0.05, 0.1) is 92.5 Å². The van der Waals surface area contributed by atoms with Crippen LogP contribution in [0.1, 0.15) is 69.9 Å². The molecule has 1 rings (SSSR count). The topological polar surface area (TPSA) is 155 Å². The third kappa shape index (κ3) is 27.3. The Balaban J connectivity index is 1.87. The lowest BCUT2D eigenvalue weighted by Gasteiger charge is -2.12. The highest BCUT2D eigenvalue weighted by molar-refractivity contribution is 7.88. The summed E-state index contributed by atoms with van der Waals surface area (Å²) in [5, 5.41) is 0. The van der Waals surface area contributed by atoms with Crippen molar-refractivity contribution in [1.29, 1.82) is 0 Å². The number of unbranched alkanes of at least 4 members (excludes halogenated alkanes) is 6. The smallest absolute Gasteiger partial charge is 0.491 e. The lowest BCUT2D eigenvalue weighted by atomic mass is 10.0. The van der Waals surface area contributed by atoms with Crippen LogP contribution in [0.2, 0.25) is 0 Å². The summed E-state index contributed by atoms with van der Waals surface area (Å²) >= 11 is 0. The first-order valence-corrected chi connectivity index (χ1v) is 18.6. The van der Waals surface area contributed by atoms with E-state index in [9.17, 15) is 8.76 Å². The number of ether oxygens (including phenoxy) is 8. The fourth-order valence-electron chi connectivity index (χ4n) is 4.34. The second-order valence-electron chi connectivity index (χ2n) is 10.7. The second-order valence-corrected chi connectivity index (χ2v) is 11.9. The Kier molecular flexibility index (Phi) is 30.3. The van der Waals surface area contributed by atoms with Crippen LogP contribution in [0.25, 0.3) is 6.08 Å². The van der Waals surface area contributed by atoms with Gasteiger partial charge in [0.15, 0.2) is 0 Å². The predicted octanol–water partition coefficient (Wildman–Crippen LogP) is 5.09. The molecule has 0 amide bonds. The molecule has 0 heterocycles. The molecule has 2 N–H and O–H groups in total. The van der Waals surface area contributed by atoms with Crippen molar-refractivity contribution in [3.05, 3.63) is 35.4 Å². The second kappa shape index (κ2) is 32.7. The number of nitrogens with two attached hydrogens (primary N) is 1. The average molecular weight is 708 g/mol. The zero-order valence-electron chi connectivity index (χ0n) is 29.2. The van der Waals surface area contributed by atoms with Crippen molar-refractivity contribution >= 4 is 16.9 Å². The van der Waals surface area contributed by atoms with Crippen molar-refractivity contribution in [3.8, 4) is 5.75 Å². The molecule has 1 aromatic rings. The van der Waals surface area contributed by atoms with Crippen molar-refractivity contribution in [3.63, 3.8) is 0 Å². The van der Waals surface area contributed by atoms with E-state index in [2.05, 4.69) is 45.6 Å². The molecule has 0 aliphatic heterocycles. The summed E-state index contributed by atoms with van der Waals surface area (Å²) < 4.78 is 73.7. The standard InChI is InChI=1S/C34H61NO12S/c1-3-5-6-7-8-9-10-12-32-13-14-34(33(31-32)11-4-2)45-29-27-43-25-23-41-21-19-39-17-15-38-16-18-40-20-22-42-24-26-44-28-30-46-48(36,37)47-35/h4,11,13-14,31H,3,5-10,12,15-30,35H2,1-2H3/q+1/b11-4+. The van der Waals surface area contributed by atoms with Crippen molar-refractivity contribution in [2.24, 2.45) is 5.90 Å². The highest BCUT2D eigenvalue weighted by atomic mass is 32.3. The van der Waals surface area contributed by atoms with E-state index >= 15 is 0 Å². The van der Waals surface area contributed by atoms with Gasteiger partial charge in [-0.15, -0.1) is 4.18 Å². The van der Waals surface area contributed by atoms with Crippen LogP contribution in [-0.2, 0) is 67.6 Å². The fraction of sp³-hybridized carbons (Fsp3) is 0.765. The molecule has 13 nitrogen and oxygen atoms in total. The maximum absolute atomic E-state index is 10.8. The Hall–Kier alpha value is -1.53. The van der Waals surface area contributed by atoms with Gasteiger partial charge in [-0.25, -0.2) is 0 Å². The normalized spacial score (nSPS) is 13.0. The van der Waals surface area contributed by atoms with Crippen LogP contribution in [0, 0.1) is 0 Å². The van der Waals surface area contributed by atoms with Gasteiger partial charge >= 0.3 is 10.8 Å². The van der Waals surface area contributed by atoms with Gasteiger partial charge in [0.25, 0.3) is 0 Å². The van der Waals surface area contributed by atoms with E-state index in [0.717, 1.165) is 17.7 Å². The molecule has 0 saturated heterocycles. The first-order chi connectivity index (χ1) is 23.5. The molecule has 0 fully saturated rings. The van der Waals surface area contributed by atoms with Gasteiger partial charge in [0, 0.05) is 9.77 Å². The molecule has 0 bridgehead atoms. The lowest BCUT2D eigenvalue weighted by Crippen LogP contribution is -2.22.